The number of thiophene rings is 1. The molecule has 0 bridgehead atoms. The number of aryl methyl sites for hydroxylation is 1. The van der Waals surface area contributed by atoms with Gasteiger partial charge in [-0.25, -0.2) is 4.39 Å². The van der Waals surface area contributed by atoms with Crippen molar-refractivity contribution in [1.82, 2.24) is 0 Å². The smallest absolute Gasteiger partial charge is 0.139 e. The molecule has 2 rings (SSSR count). The van der Waals surface area contributed by atoms with E-state index in [0.717, 1.165) is 6.42 Å². The lowest BCUT2D eigenvalue weighted by Gasteiger charge is -2.02. The summed E-state index contributed by atoms with van der Waals surface area (Å²) in [6.07, 6.45) is 0.735. The summed E-state index contributed by atoms with van der Waals surface area (Å²) in [6, 6.07) is 10.2. The number of halogens is 1. The molecule has 1 atom stereocenters. The van der Waals surface area contributed by atoms with E-state index in [1.54, 1.807) is 29.5 Å². The molecule has 0 saturated heterocycles. The lowest BCUT2D eigenvalue weighted by molar-refractivity contribution is 0.595. The summed E-state index contributed by atoms with van der Waals surface area (Å²) in [7, 11) is -1.25. The van der Waals surface area contributed by atoms with E-state index in [4.69, 9.17) is 0 Å². The first-order chi connectivity index (χ1) is 7.77. The summed E-state index contributed by atoms with van der Waals surface area (Å²) < 4.78 is 25.2. The summed E-state index contributed by atoms with van der Waals surface area (Å²) in [6.45, 7) is 0. The standard InChI is InChI=1S/C12H11FOS2/c13-11-5-1-2-6-12(11)16(14)9-7-10-4-3-8-15-10/h1-6,8H,7,9H2. The lowest BCUT2D eigenvalue weighted by Crippen LogP contribution is -2.02. The molecule has 0 aliphatic rings. The van der Waals surface area contributed by atoms with Crippen molar-refractivity contribution in [2.45, 2.75) is 11.3 Å². The number of benzene rings is 1. The number of hydrogen-bond acceptors (Lipinski definition) is 2. The van der Waals surface area contributed by atoms with Gasteiger partial charge in [-0.05, 0) is 30.0 Å². The second-order valence-corrected chi connectivity index (χ2v) is 5.88. The molecule has 4 heteroatoms. The Morgan fingerprint density at radius 3 is 2.69 bits per heavy atom. The van der Waals surface area contributed by atoms with Crippen LogP contribution in [-0.2, 0) is 17.2 Å². The third kappa shape index (κ3) is 2.77. The Morgan fingerprint density at radius 1 is 1.19 bits per heavy atom. The Bertz CT molecular complexity index is 480. The molecule has 84 valence electrons. The van der Waals surface area contributed by atoms with Crippen LogP contribution in [0.5, 0.6) is 0 Å². The second kappa shape index (κ2) is 5.37. The average Bonchev–Trinajstić information content (AvgIpc) is 2.79. The molecule has 2 aromatic rings. The van der Waals surface area contributed by atoms with Crippen LogP contribution in [0.1, 0.15) is 4.88 Å². The van der Waals surface area contributed by atoms with Gasteiger partial charge in [0.25, 0.3) is 0 Å². The number of hydrogen-bond donors (Lipinski definition) is 0. The second-order valence-electron chi connectivity index (χ2n) is 3.31. The van der Waals surface area contributed by atoms with Gasteiger partial charge in [-0.3, -0.25) is 4.21 Å². The molecule has 0 radical (unpaired) electrons. The molecule has 1 unspecified atom stereocenters. The fourth-order valence-corrected chi connectivity index (χ4v) is 3.37. The van der Waals surface area contributed by atoms with E-state index in [1.165, 1.54) is 10.9 Å². The number of rotatable bonds is 4. The summed E-state index contributed by atoms with van der Waals surface area (Å²) in [4.78, 5) is 1.49. The van der Waals surface area contributed by atoms with E-state index in [2.05, 4.69) is 0 Å². The summed E-state index contributed by atoms with van der Waals surface area (Å²) in [5.41, 5.74) is 0. The van der Waals surface area contributed by atoms with Crippen LogP contribution in [0.25, 0.3) is 0 Å². The molecule has 0 spiro atoms. The predicted octanol–water partition coefficient (Wildman–Crippen LogP) is 3.24. The van der Waals surface area contributed by atoms with Crippen molar-refractivity contribution in [1.29, 1.82) is 0 Å². The lowest BCUT2D eigenvalue weighted by atomic mass is 10.3. The highest BCUT2D eigenvalue weighted by molar-refractivity contribution is 7.85. The van der Waals surface area contributed by atoms with Crippen molar-refractivity contribution >= 4 is 22.1 Å². The Morgan fingerprint density at radius 2 is 2.00 bits per heavy atom. The van der Waals surface area contributed by atoms with E-state index in [9.17, 15) is 8.60 Å². The minimum absolute atomic E-state index is 0.305. The maximum absolute atomic E-state index is 13.3. The Kier molecular flexibility index (Phi) is 3.85. The van der Waals surface area contributed by atoms with E-state index in [0.29, 0.717) is 10.6 Å². The molecule has 0 fully saturated rings. The summed E-state index contributed by atoms with van der Waals surface area (Å²) in [5, 5.41) is 1.99. The minimum atomic E-state index is -1.25. The predicted molar refractivity (Wildman–Crippen MR) is 65.7 cm³/mol. The van der Waals surface area contributed by atoms with Gasteiger partial charge >= 0.3 is 0 Å². The Hall–Kier alpha value is -1.00. The van der Waals surface area contributed by atoms with E-state index in [1.807, 2.05) is 17.5 Å². The van der Waals surface area contributed by atoms with Gasteiger partial charge in [0.1, 0.15) is 5.82 Å². The topological polar surface area (TPSA) is 17.1 Å². The highest BCUT2D eigenvalue weighted by Crippen LogP contribution is 2.15. The fraction of sp³-hybridized carbons (Fsp3) is 0.167. The van der Waals surface area contributed by atoms with E-state index < -0.39 is 10.8 Å². The molecule has 0 N–H and O–H groups in total. The van der Waals surface area contributed by atoms with Crippen molar-refractivity contribution in [2.24, 2.45) is 0 Å². The van der Waals surface area contributed by atoms with Crippen LogP contribution < -0.4 is 0 Å². The molecule has 0 saturated carbocycles. The molecule has 0 aliphatic heterocycles. The van der Waals surface area contributed by atoms with Crippen molar-refractivity contribution in [2.75, 3.05) is 5.75 Å². The maximum atomic E-state index is 13.3. The molecular weight excluding hydrogens is 243 g/mol. The van der Waals surface area contributed by atoms with Crippen LogP contribution in [-0.4, -0.2) is 9.96 Å². The first-order valence-electron chi connectivity index (χ1n) is 4.92. The van der Waals surface area contributed by atoms with Crippen LogP contribution in [0.2, 0.25) is 0 Å². The van der Waals surface area contributed by atoms with Gasteiger partial charge in [-0.1, -0.05) is 18.2 Å². The van der Waals surface area contributed by atoms with Crippen molar-refractivity contribution in [3.05, 3.63) is 52.5 Å². The quantitative estimate of drug-likeness (QED) is 0.818. The highest BCUT2D eigenvalue weighted by Gasteiger charge is 2.09. The SMILES string of the molecule is O=S(CCc1cccs1)c1ccccc1F. The van der Waals surface area contributed by atoms with Gasteiger partial charge < -0.3 is 0 Å². The highest BCUT2D eigenvalue weighted by atomic mass is 32.2. The fourth-order valence-electron chi connectivity index (χ4n) is 1.39. The van der Waals surface area contributed by atoms with Gasteiger partial charge in [0, 0.05) is 10.6 Å². The van der Waals surface area contributed by atoms with E-state index >= 15 is 0 Å². The molecule has 0 aliphatic carbocycles. The van der Waals surface area contributed by atoms with Crippen LogP contribution in [0.4, 0.5) is 4.39 Å². The normalized spacial score (nSPS) is 12.6. The van der Waals surface area contributed by atoms with Crippen LogP contribution >= 0.6 is 11.3 Å². The monoisotopic (exact) mass is 254 g/mol. The third-order valence-corrected chi connectivity index (χ3v) is 4.53. The Labute approximate surface area is 100 Å². The molecular formula is C12H11FOS2. The first-order valence-corrected chi connectivity index (χ1v) is 7.12. The molecule has 0 amide bonds. The van der Waals surface area contributed by atoms with Crippen molar-refractivity contribution in [3.63, 3.8) is 0 Å². The zero-order valence-electron chi connectivity index (χ0n) is 8.56. The molecule has 1 heterocycles. The zero-order valence-corrected chi connectivity index (χ0v) is 10.2. The van der Waals surface area contributed by atoms with Crippen molar-refractivity contribution < 1.29 is 8.60 Å². The molecule has 16 heavy (non-hydrogen) atoms. The first kappa shape index (κ1) is 11.5. The van der Waals surface area contributed by atoms with E-state index in [-0.39, 0.29) is 5.82 Å². The average molecular weight is 254 g/mol. The maximum Gasteiger partial charge on any atom is 0.139 e. The Balaban J connectivity index is 2.01. The van der Waals surface area contributed by atoms with Gasteiger partial charge in [-0.15, -0.1) is 11.3 Å². The van der Waals surface area contributed by atoms with Crippen LogP contribution in [0.15, 0.2) is 46.7 Å². The zero-order chi connectivity index (χ0) is 11.4. The van der Waals surface area contributed by atoms with Gasteiger partial charge in [-0.2, -0.15) is 0 Å². The molecule has 1 aromatic heterocycles. The van der Waals surface area contributed by atoms with Gasteiger partial charge in [0.05, 0.1) is 15.7 Å². The minimum Gasteiger partial charge on any atom is -0.254 e. The molecule has 1 nitrogen and oxygen atoms in total. The van der Waals surface area contributed by atoms with Crippen molar-refractivity contribution in [3.8, 4) is 0 Å². The van der Waals surface area contributed by atoms with Gasteiger partial charge in [0.15, 0.2) is 0 Å². The van der Waals surface area contributed by atoms with Crippen LogP contribution in [0.3, 0.4) is 0 Å². The molecule has 1 aromatic carbocycles. The summed E-state index contributed by atoms with van der Waals surface area (Å²) >= 11 is 1.64. The summed E-state index contributed by atoms with van der Waals surface area (Å²) in [5.74, 6) is 0.0913. The van der Waals surface area contributed by atoms with Crippen LogP contribution in [0, 0.1) is 5.82 Å². The van der Waals surface area contributed by atoms with Gasteiger partial charge in [0.2, 0.25) is 0 Å². The largest absolute Gasteiger partial charge is 0.254 e. The third-order valence-electron chi connectivity index (χ3n) is 2.20.